The second-order valence-corrected chi connectivity index (χ2v) is 4.32. The smallest absolute Gasteiger partial charge is 0.337 e. The Balaban J connectivity index is 2.48. The van der Waals surface area contributed by atoms with Crippen LogP contribution >= 0.6 is 0 Å². The predicted molar refractivity (Wildman–Crippen MR) is 74.2 cm³/mol. The van der Waals surface area contributed by atoms with Crippen molar-refractivity contribution in [1.29, 1.82) is 0 Å². The molecule has 21 heavy (non-hydrogen) atoms. The highest BCUT2D eigenvalue weighted by molar-refractivity contribution is 6.10. The normalized spacial score (nSPS) is 10.2. The highest BCUT2D eigenvalue weighted by Gasteiger charge is 2.24. The minimum Gasteiger partial charge on any atom is -0.507 e. The van der Waals surface area contributed by atoms with Gasteiger partial charge in [-0.1, -0.05) is 18.2 Å². The van der Waals surface area contributed by atoms with Gasteiger partial charge in [0.1, 0.15) is 17.1 Å². The van der Waals surface area contributed by atoms with E-state index < -0.39 is 29.0 Å². The first-order chi connectivity index (χ1) is 9.93. The molecule has 6 heteroatoms. The lowest BCUT2D eigenvalue weighted by Gasteiger charge is -2.20. The van der Waals surface area contributed by atoms with Gasteiger partial charge >= 0.3 is 5.97 Å². The molecule has 0 spiro atoms. The molecule has 0 aliphatic carbocycles. The number of carbonyl (C=O) groups is 2. The molecule has 108 valence electrons. The number of hydrogen-bond acceptors (Lipinski definition) is 3. The molecule has 0 heterocycles. The van der Waals surface area contributed by atoms with Crippen LogP contribution in [0.3, 0.4) is 0 Å². The number of carbonyl (C=O) groups excluding carboxylic acids is 1. The maximum Gasteiger partial charge on any atom is 0.337 e. The van der Waals surface area contributed by atoms with Gasteiger partial charge in [-0.05, 0) is 24.3 Å². The molecule has 5 nitrogen and oxygen atoms in total. The molecule has 2 N–H and O–H groups in total. The average molecular weight is 289 g/mol. The minimum absolute atomic E-state index is 0.0934. The van der Waals surface area contributed by atoms with Gasteiger partial charge in [-0.25, -0.2) is 9.18 Å². The lowest BCUT2D eigenvalue weighted by molar-refractivity contribution is 0.0697. The van der Waals surface area contributed by atoms with E-state index >= 15 is 0 Å². The Hall–Kier alpha value is -2.89. The first kappa shape index (κ1) is 14.5. The van der Waals surface area contributed by atoms with Crippen molar-refractivity contribution in [2.45, 2.75) is 0 Å². The standard InChI is InChI=1S/C15H12FNO4/c1-17(11-7-3-2-5-9(11)15(20)21)14(19)13-10(16)6-4-8-12(13)18/h2-8,18H,1H3,(H,20,21). The summed E-state index contributed by atoms with van der Waals surface area (Å²) in [6.07, 6.45) is 0. The molecular weight excluding hydrogens is 277 g/mol. The maximum atomic E-state index is 13.7. The van der Waals surface area contributed by atoms with E-state index in [9.17, 15) is 19.1 Å². The van der Waals surface area contributed by atoms with Crippen LogP contribution in [-0.2, 0) is 0 Å². The number of hydrogen-bond donors (Lipinski definition) is 2. The van der Waals surface area contributed by atoms with E-state index in [4.69, 9.17) is 5.11 Å². The number of rotatable bonds is 3. The summed E-state index contributed by atoms with van der Waals surface area (Å²) in [4.78, 5) is 24.4. The topological polar surface area (TPSA) is 77.8 Å². The van der Waals surface area contributed by atoms with Crippen molar-refractivity contribution in [2.24, 2.45) is 0 Å². The van der Waals surface area contributed by atoms with Crippen molar-refractivity contribution < 1.29 is 24.2 Å². The van der Waals surface area contributed by atoms with Gasteiger partial charge in [0, 0.05) is 7.05 Å². The fraction of sp³-hybridized carbons (Fsp3) is 0.0667. The number of amides is 1. The van der Waals surface area contributed by atoms with Crippen molar-refractivity contribution in [3.8, 4) is 5.75 Å². The number of carboxylic acids is 1. The number of nitrogens with zero attached hydrogens (tertiary/aromatic N) is 1. The molecule has 0 aromatic heterocycles. The Morgan fingerprint density at radius 1 is 1.10 bits per heavy atom. The quantitative estimate of drug-likeness (QED) is 0.910. The van der Waals surface area contributed by atoms with Crippen LogP contribution in [0.15, 0.2) is 42.5 Å². The van der Waals surface area contributed by atoms with E-state index in [0.717, 1.165) is 11.0 Å². The van der Waals surface area contributed by atoms with Crippen LogP contribution in [0.1, 0.15) is 20.7 Å². The molecule has 0 fully saturated rings. The van der Waals surface area contributed by atoms with Crippen molar-refractivity contribution >= 4 is 17.6 Å². The Morgan fingerprint density at radius 3 is 2.38 bits per heavy atom. The van der Waals surface area contributed by atoms with Gasteiger partial charge in [0.2, 0.25) is 0 Å². The third-order valence-corrected chi connectivity index (χ3v) is 3.01. The van der Waals surface area contributed by atoms with Crippen LogP contribution in [0.4, 0.5) is 10.1 Å². The molecule has 0 saturated heterocycles. The number of anilines is 1. The minimum atomic E-state index is -1.21. The van der Waals surface area contributed by atoms with Crippen LogP contribution in [0.2, 0.25) is 0 Å². The number of aromatic carboxylic acids is 1. The lowest BCUT2D eigenvalue weighted by atomic mass is 10.1. The Morgan fingerprint density at radius 2 is 1.76 bits per heavy atom. The third-order valence-electron chi connectivity index (χ3n) is 3.01. The number of aromatic hydroxyl groups is 1. The zero-order valence-corrected chi connectivity index (χ0v) is 11.1. The van der Waals surface area contributed by atoms with Gasteiger partial charge in [0.15, 0.2) is 0 Å². The first-order valence-corrected chi connectivity index (χ1v) is 6.01. The predicted octanol–water partition coefficient (Wildman–Crippen LogP) is 2.51. The van der Waals surface area contributed by atoms with E-state index in [1.165, 1.54) is 37.4 Å². The Bertz CT molecular complexity index is 694. The van der Waals surface area contributed by atoms with Crippen LogP contribution in [-0.4, -0.2) is 29.1 Å². The van der Waals surface area contributed by atoms with Crippen molar-refractivity contribution in [1.82, 2.24) is 0 Å². The lowest BCUT2D eigenvalue weighted by Crippen LogP contribution is -2.28. The summed E-state index contributed by atoms with van der Waals surface area (Å²) < 4.78 is 13.7. The summed E-state index contributed by atoms with van der Waals surface area (Å²) in [6.45, 7) is 0. The van der Waals surface area contributed by atoms with E-state index in [2.05, 4.69) is 0 Å². The zero-order valence-electron chi connectivity index (χ0n) is 11.1. The molecule has 0 atom stereocenters. The Kier molecular flexibility index (Phi) is 3.89. The van der Waals surface area contributed by atoms with Gasteiger partial charge in [0.05, 0.1) is 11.3 Å². The fourth-order valence-electron chi connectivity index (χ4n) is 1.95. The summed E-state index contributed by atoms with van der Waals surface area (Å²) in [5, 5.41) is 18.7. The van der Waals surface area contributed by atoms with Gasteiger partial charge in [0.25, 0.3) is 5.91 Å². The van der Waals surface area contributed by atoms with Gasteiger partial charge in [-0.15, -0.1) is 0 Å². The van der Waals surface area contributed by atoms with E-state index in [1.54, 1.807) is 6.07 Å². The van der Waals surface area contributed by atoms with Crippen LogP contribution in [0.5, 0.6) is 5.75 Å². The average Bonchev–Trinajstić information content (AvgIpc) is 2.46. The molecule has 2 rings (SSSR count). The molecule has 0 radical (unpaired) electrons. The summed E-state index contributed by atoms with van der Waals surface area (Å²) >= 11 is 0. The highest BCUT2D eigenvalue weighted by Crippen LogP contribution is 2.26. The number of para-hydroxylation sites is 1. The summed E-state index contributed by atoms with van der Waals surface area (Å²) in [5.41, 5.74) is -0.484. The second kappa shape index (κ2) is 5.62. The summed E-state index contributed by atoms with van der Waals surface area (Å²) in [5.74, 6) is -3.42. The number of phenols is 1. The molecule has 0 unspecified atom stereocenters. The number of benzene rings is 2. The van der Waals surface area contributed by atoms with E-state index in [0.29, 0.717) is 0 Å². The SMILES string of the molecule is CN(C(=O)c1c(O)cccc1F)c1ccccc1C(=O)O. The van der Waals surface area contributed by atoms with Crippen molar-refractivity contribution in [2.75, 3.05) is 11.9 Å². The summed E-state index contributed by atoms with van der Waals surface area (Å²) in [6, 6.07) is 9.35. The zero-order chi connectivity index (χ0) is 15.6. The van der Waals surface area contributed by atoms with E-state index in [-0.39, 0.29) is 11.3 Å². The largest absolute Gasteiger partial charge is 0.507 e. The van der Waals surface area contributed by atoms with E-state index in [1.807, 2.05) is 0 Å². The van der Waals surface area contributed by atoms with Crippen LogP contribution < -0.4 is 4.90 Å². The third kappa shape index (κ3) is 2.69. The van der Waals surface area contributed by atoms with Crippen LogP contribution in [0, 0.1) is 5.82 Å². The summed E-state index contributed by atoms with van der Waals surface area (Å²) in [7, 11) is 1.32. The number of carboxylic acid groups (broad SMARTS) is 1. The van der Waals surface area contributed by atoms with Crippen molar-refractivity contribution in [3.63, 3.8) is 0 Å². The van der Waals surface area contributed by atoms with Gasteiger partial charge in [-0.3, -0.25) is 4.79 Å². The molecule has 0 saturated carbocycles. The first-order valence-electron chi connectivity index (χ1n) is 6.01. The van der Waals surface area contributed by atoms with Gasteiger partial charge in [-0.2, -0.15) is 0 Å². The monoisotopic (exact) mass is 289 g/mol. The molecule has 0 aliphatic rings. The molecule has 0 bridgehead atoms. The van der Waals surface area contributed by atoms with Crippen molar-refractivity contribution in [3.05, 3.63) is 59.4 Å². The second-order valence-electron chi connectivity index (χ2n) is 4.32. The fourth-order valence-corrected chi connectivity index (χ4v) is 1.95. The maximum absolute atomic E-state index is 13.7. The van der Waals surface area contributed by atoms with Gasteiger partial charge < -0.3 is 15.1 Å². The number of phenolic OH excluding ortho intramolecular Hbond substituents is 1. The molecule has 2 aromatic carbocycles. The molecule has 1 amide bonds. The Labute approximate surface area is 119 Å². The number of halogens is 1. The molecular formula is C15H12FNO4. The highest BCUT2D eigenvalue weighted by atomic mass is 19.1. The molecule has 0 aliphatic heterocycles. The molecule has 2 aromatic rings. The van der Waals surface area contributed by atoms with Crippen LogP contribution in [0.25, 0.3) is 0 Å².